The molecule has 0 aliphatic carbocycles. The van der Waals surface area contributed by atoms with Gasteiger partial charge < -0.3 is 10.6 Å². The summed E-state index contributed by atoms with van der Waals surface area (Å²) < 4.78 is 39.3. The minimum Gasteiger partial charge on any atom is -0.334 e. The number of urea groups is 1. The van der Waals surface area contributed by atoms with E-state index in [1.807, 2.05) is 6.92 Å². The molecule has 0 saturated heterocycles. The number of hydrogen-bond acceptors (Lipinski definition) is 3. The van der Waals surface area contributed by atoms with Crippen molar-refractivity contribution in [2.24, 2.45) is 0 Å². The number of sulfonamides is 1. The monoisotopic (exact) mass is 407 g/mol. The van der Waals surface area contributed by atoms with Gasteiger partial charge in [-0.2, -0.15) is 4.31 Å². The van der Waals surface area contributed by atoms with Crippen molar-refractivity contribution in [3.05, 3.63) is 65.5 Å². The van der Waals surface area contributed by atoms with Gasteiger partial charge in [-0.05, 0) is 42.3 Å². The van der Waals surface area contributed by atoms with Crippen molar-refractivity contribution >= 4 is 16.1 Å². The number of hydrogen-bond donors (Lipinski definition) is 2. The molecular formula is C20H26FN3O3S. The third-order valence-corrected chi connectivity index (χ3v) is 6.50. The number of nitrogens with zero attached hydrogens (tertiary/aromatic N) is 1. The van der Waals surface area contributed by atoms with E-state index < -0.39 is 10.0 Å². The molecular weight excluding hydrogens is 381 g/mol. The molecule has 28 heavy (non-hydrogen) atoms. The topological polar surface area (TPSA) is 78.5 Å². The summed E-state index contributed by atoms with van der Waals surface area (Å²) in [6, 6.07) is 11.7. The molecule has 0 fully saturated rings. The van der Waals surface area contributed by atoms with Gasteiger partial charge in [-0.3, -0.25) is 0 Å². The molecule has 1 atom stereocenters. The summed E-state index contributed by atoms with van der Waals surface area (Å²) >= 11 is 0. The minimum atomic E-state index is -3.50. The fourth-order valence-electron chi connectivity index (χ4n) is 2.76. The number of benzene rings is 2. The van der Waals surface area contributed by atoms with E-state index in [4.69, 9.17) is 0 Å². The Morgan fingerprint density at radius 3 is 2.14 bits per heavy atom. The lowest BCUT2D eigenvalue weighted by Crippen LogP contribution is -2.36. The Bertz CT molecular complexity index is 880. The molecule has 0 heterocycles. The van der Waals surface area contributed by atoms with Crippen LogP contribution in [0, 0.1) is 5.82 Å². The first kappa shape index (κ1) is 21.8. The summed E-state index contributed by atoms with van der Waals surface area (Å²) in [6.45, 7) is 6.50. The molecule has 0 aliphatic rings. The first-order chi connectivity index (χ1) is 13.3. The van der Waals surface area contributed by atoms with Crippen molar-refractivity contribution in [2.75, 3.05) is 13.1 Å². The molecule has 0 aromatic heterocycles. The van der Waals surface area contributed by atoms with Crippen LogP contribution in [-0.4, -0.2) is 31.8 Å². The summed E-state index contributed by atoms with van der Waals surface area (Å²) in [7, 11) is -3.50. The molecule has 8 heteroatoms. The normalized spacial score (nSPS) is 12.6. The van der Waals surface area contributed by atoms with Crippen LogP contribution in [0.3, 0.4) is 0 Å². The van der Waals surface area contributed by atoms with Crippen LogP contribution in [-0.2, 0) is 16.6 Å². The maximum Gasteiger partial charge on any atom is 0.315 e. The molecule has 0 bridgehead atoms. The van der Waals surface area contributed by atoms with E-state index in [0.717, 1.165) is 11.1 Å². The lowest BCUT2D eigenvalue weighted by atomic mass is 10.1. The lowest BCUT2D eigenvalue weighted by molar-refractivity contribution is 0.237. The van der Waals surface area contributed by atoms with Gasteiger partial charge in [0.2, 0.25) is 10.0 Å². The molecule has 2 aromatic rings. The second-order valence-corrected chi connectivity index (χ2v) is 8.27. The second-order valence-electron chi connectivity index (χ2n) is 6.33. The summed E-state index contributed by atoms with van der Waals surface area (Å²) in [6.07, 6.45) is 0. The number of nitrogens with one attached hydrogen (secondary N) is 2. The van der Waals surface area contributed by atoms with Gasteiger partial charge in [0.25, 0.3) is 0 Å². The molecule has 2 N–H and O–H groups in total. The summed E-state index contributed by atoms with van der Waals surface area (Å²) in [5, 5.41) is 5.51. The Kier molecular flexibility index (Phi) is 7.53. The van der Waals surface area contributed by atoms with Crippen molar-refractivity contribution < 1.29 is 17.6 Å². The fourth-order valence-corrected chi connectivity index (χ4v) is 4.21. The number of amides is 2. The Labute approximate surface area is 165 Å². The zero-order valence-electron chi connectivity index (χ0n) is 16.3. The minimum absolute atomic E-state index is 0.230. The molecule has 2 aromatic carbocycles. The SMILES string of the molecule is CCN(CC)S(=O)(=O)c1ccc([C@@H](C)NC(=O)NCc2ccc(F)cc2)cc1. The largest absolute Gasteiger partial charge is 0.334 e. The van der Waals surface area contributed by atoms with Crippen LogP contribution in [0.25, 0.3) is 0 Å². The molecule has 152 valence electrons. The number of carbonyl (C=O) groups excluding carboxylic acids is 1. The highest BCUT2D eigenvalue weighted by molar-refractivity contribution is 7.89. The number of carbonyl (C=O) groups is 1. The third kappa shape index (κ3) is 5.53. The van der Waals surface area contributed by atoms with Crippen molar-refractivity contribution in [1.82, 2.24) is 14.9 Å². The molecule has 6 nitrogen and oxygen atoms in total. The molecule has 0 unspecified atom stereocenters. The molecule has 2 rings (SSSR count). The van der Waals surface area contributed by atoms with Crippen LogP contribution in [0.15, 0.2) is 53.4 Å². The Morgan fingerprint density at radius 1 is 1.04 bits per heavy atom. The van der Waals surface area contributed by atoms with Crippen LogP contribution < -0.4 is 10.6 Å². The van der Waals surface area contributed by atoms with E-state index >= 15 is 0 Å². The van der Waals surface area contributed by atoms with Gasteiger partial charge >= 0.3 is 6.03 Å². The highest BCUT2D eigenvalue weighted by atomic mass is 32.2. The van der Waals surface area contributed by atoms with Gasteiger partial charge in [0, 0.05) is 19.6 Å². The zero-order chi connectivity index (χ0) is 20.7. The fraction of sp³-hybridized carbons (Fsp3) is 0.350. The Balaban J connectivity index is 1.95. The molecule has 0 radical (unpaired) electrons. The van der Waals surface area contributed by atoms with Crippen LogP contribution in [0.2, 0.25) is 0 Å². The summed E-state index contributed by atoms with van der Waals surface area (Å²) in [4.78, 5) is 12.3. The predicted octanol–water partition coefficient (Wildman–Crippen LogP) is 3.42. The predicted molar refractivity (Wildman–Crippen MR) is 107 cm³/mol. The average Bonchev–Trinajstić information content (AvgIpc) is 2.68. The third-order valence-electron chi connectivity index (χ3n) is 4.44. The smallest absolute Gasteiger partial charge is 0.315 e. The van der Waals surface area contributed by atoms with Gasteiger partial charge in [-0.25, -0.2) is 17.6 Å². The summed E-state index contributed by atoms with van der Waals surface area (Å²) in [5.41, 5.74) is 1.57. The molecule has 0 aliphatic heterocycles. The van der Waals surface area contributed by atoms with Crippen LogP contribution in [0.4, 0.5) is 9.18 Å². The highest BCUT2D eigenvalue weighted by Gasteiger charge is 2.21. The second kappa shape index (κ2) is 9.66. The first-order valence-corrected chi connectivity index (χ1v) is 10.6. The number of halogens is 1. The molecule has 0 saturated carbocycles. The van der Waals surface area contributed by atoms with Crippen molar-refractivity contribution in [2.45, 2.75) is 38.3 Å². The number of rotatable bonds is 8. The van der Waals surface area contributed by atoms with Crippen molar-refractivity contribution in [3.8, 4) is 0 Å². The van der Waals surface area contributed by atoms with Gasteiger partial charge in [-0.1, -0.05) is 38.1 Å². The lowest BCUT2D eigenvalue weighted by Gasteiger charge is -2.19. The van der Waals surface area contributed by atoms with Crippen LogP contribution in [0.1, 0.15) is 37.9 Å². The van der Waals surface area contributed by atoms with Crippen LogP contribution in [0.5, 0.6) is 0 Å². The van der Waals surface area contributed by atoms with E-state index in [1.54, 1.807) is 50.2 Å². The maximum absolute atomic E-state index is 12.9. The Morgan fingerprint density at radius 2 is 1.61 bits per heavy atom. The quantitative estimate of drug-likeness (QED) is 0.704. The highest BCUT2D eigenvalue weighted by Crippen LogP contribution is 2.19. The van der Waals surface area contributed by atoms with E-state index in [2.05, 4.69) is 10.6 Å². The van der Waals surface area contributed by atoms with Crippen LogP contribution >= 0.6 is 0 Å². The molecule has 0 spiro atoms. The van der Waals surface area contributed by atoms with Gasteiger partial charge in [0.15, 0.2) is 0 Å². The van der Waals surface area contributed by atoms with Gasteiger partial charge in [0.1, 0.15) is 5.82 Å². The van der Waals surface area contributed by atoms with Crippen molar-refractivity contribution in [3.63, 3.8) is 0 Å². The van der Waals surface area contributed by atoms with E-state index in [9.17, 15) is 17.6 Å². The Hall–Kier alpha value is -2.45. The average molecular weight is 408 g/mol. The summed E-state index contributed by atoms with van der Waals surface area (Å²) in [5.74, 6) is -0.326. The standard InChI is InChI=1S/C20H26FN3O3S/c1-4-24(5-2)28(26,27)19-12-8-17(9-13-19)15(3)23-20(25)22-14-16-6-10-18(21)11-7-16/h6-13,15H,4-5,14H2,1-3H3,(H2,22,23,25)/t15-/m1/s1. The molecule has 2 amide bonds. The first-order valence-electron chi connectivity index (χ1n) is 9.16. The van der Waals surface area contributed by atoms with E-state index in [0.29, 0.717) is 13.1 Å². The van der Waals surface area contributed by atoms with Crippen molar-refractivity contribution in [1.29, 1.82) is 0 Å². The zero-order valence-corrected chi connectivity index (χ0v) is 17.1. The maximum atomic E-state index is 12.9. The van der Waals surface area contributed by atoms with Gasteiger partial charge in [-0.15, -0.1) is 0 Å². The van der Waals surface area contributed by atoms with Gasteiger partial charge in [0.05, 0.1) is 10.9 Å². The van der Waals surface area contributed by atoms with E-state index in [-0.39, 0.29) is 29.3 Å². The van der Waals surface area contributed by atoms with E-state index in [1.165, 1.54) is 16.4 Å².